The minimum absolute atomic E-state index is 0.0310. The third-order valence-electron chi connectivity index (χ3n) is 7.41. The molecule has 2 atom stereocenters. The number of hydrogen-bond acceptors (Lipinski definition) is 10. The molecule has 0 bridgehead atoms. The Kier molecular flexibility index (Phi) is 22.3. The predicted octanol–water partition coefficient (Wildman–Crippen LogP) is 7.96. The third-order valence-corrected chi connectivity index (χ3v) is 8.34. The van der Waals surface area contributed by atoms with E-state index in [4.69, 9.17) is 10.7 Å². The van der Waals surface area contributed by atoms with Crippen LogP contribution in [0.5, 0.6) is 0 Å². The van der Waals surface area contributed by atoms with Crippen molar-refractivity contribution in [2.75, 3.05) is 54.4 Å². The zero-order valence-corrected chi connectivity index (χ0v) is 31.5. The Hall–Kier alpha value is -4.22. The van der Waals surface area contributed by atoms with Gasteiger partial charge in [-0.25, -0.2) is 15.0 Å². The molecule has 1 fully saturated rings. The van der Waals surface area contributed by atoms with E-state index >= 15 is 0 Å². The topological polar surface area (TPSA) is 143 Å². The highest BCUT2D eigenvalue weighted by Crippen LogP contribution is 2.48. The Morgan fingerprint density at radius 3 is 1.90 bits per heavy atom. The van der Waals surface area contributed by atoms with Gasteiger partial charge in [-0.1, -0.05) is 101 Å². The summed E-state index contributed by atoms with van der Waals surface area (Å²) in [7, 11) is 0. The van der Waals surface area contributed by atoms with Crippen molar-refractivity contribution in [1.82, 2.24) is 25.3 Å². The third kappa shape index (κ3) is 16.5. The molecule has 2 unspecified atom stereocenters. The Balaban J connectivity index is 0.000000292. The number of nitrogens with zero attached hydrogens (tertiary/aromatic N) is 4. The van der Waals surface area contributed by atoms with E-state index in [1.807, 2.05) is 56.3 Å². The van der Waals surface area contributed by atoms with E-state index in [1.165, 1.54) is 24.1 Å². The molecule has 1 saturated carbocycles. The van der Waals surface area contributed by atoms with Gasteiger partial charge < -0.3 is 27.0 Å². The molecule has 1 amide bonds. The molecule has 0 spiro atoms. The summed E-state index contributed by atoms with van der Waals surface area (Å²) in [5.74, 6) is 4.05. The van der Waals surface area contributed by atoms with Crippen LogP contribution in [-0.2, 0) is 4.79 Å². The zero-order valence-electron chi connectivity index (χ0n) is 30.7. The molecule has 10 nitrogen and oxygen atoms in total. The molecule has 6 N–H and O–H groups in total. The maximum absolute atomic E-state index is 10.9. The standard InChI is InChI=1S/C20H28N4.C11H19N5OS.C6H6.C2H6/c1-3-12-21-19-14-18(23-20(24-19)22-13-4-2)17-11-10-16(17)15-8-6-5-7-9-15;1-2-4-14-11-15-5-3-10(16-11)18-7-6-13-9(17)8-12;1-2-4-6-5-3-1;1-2/h5-9,14,16-17H,3-4,10-13H2,1-2H3,(H2,21,22,23,24);3,5H,2,4,6-8,12H2,1H3,(H,13,17)(H,14,15,16);1-6H;1-2H3. The second-order valence-electron chi connectivity index (χ2n) is 11.3. The number of anilines is 3. The van der Waals surface area contributed by atoms with E-state index in [1.54, 1.807) is 18.0 Å². The molecular weight excluding hydrogens is 643 g/mol. The van der Waals surface area contributed by atoms with Crippen molar-refractivity contribution in [3.63, 3.8) is 0 Å². The van der Waals surface area contributed by atoms with E-state index in [9.17, 15) is 4.79 Å². The number of nitrogens with two attached hydrogens (primary N) is 1. The van der Waals surface area contributed by atoms with E-state index in [2.05, 4.69) is 93.4 Å². The van der Waals surface area contributed by atoms with Crippen LogP contribution < -0.4 is 27.0 Å². The Morgan fingerprint density at radius 1 is 0.740 bits per heavy atom. The van der Waals surface area contributed by atoms with E-state index in [0.29, 0.717) is 24.3 Å². The molecule has 2 heterocycles. The summed E-state index contributed by atoms with van der Waals surface area (Å²) in [6.07, 6.45) is 7.37. The summed E-state index contributed by atoms with van der Waals surface area (Å²) < 4.78 is 0. The molecular formula is C39H59N9OS. The Labute approximate surface area is 304 Å². The average Bonchev–Trinajstić information content (AvgIpc) is 3.16. The fourth-order valence-corrected chi connectivity index (χ4v) is 5.54. The maximum Gasteiger partial charge on any atom is 0.233 e. The fraction of sp³-hybridized carbons (Fsp3) is 0.462. The SMILES string of the molecule is CC.CCCNc1cc(C2CCC2c2ccccc2)nc(NCCC)n1.CCCNc1nccc(SCCNC(=O)CN)n1.c1ccccc1. The number of nitrogens with one attached hydrogen (secondary N) is 4. The van der Waals surface area contributed by atoms with Crippen molar-refractivity contribution in [2.45, 2.75) is 83.6 Å². The number of thioether (sulfide) groups is 1. The van der Waals surface area contributed by atoms with E-state index in [-0.39, 0.29) is 12.5 Å². The predicted molar refractivity (Wildman–Crippen MR) is 212 cm³/mol. The molecule has 0 saturated heterocycles. The monoisotopic (exact) mass is 701 g/mol. The molecule has 272 valence electrons. The minimum atomic E-state index is -0.136. The normalized spacial score (nSPS) is 14.1. The quantitative estimate of drug-likeness (QED) is 0.0444. The van der Waals surface area contributed by atoms with Crippen molar-refractivity contribution in [1.29, 1.82) is 0 Å². The number of carbonyl (C=O) groups excluding carboxylic acids is 1. The van der Waals surface area contributed by atoms with Gasteiger partial charge in [0.05, 0.1) is 12.2 Å². The van der Waals surface area contributed by atoms with Crippen LogP contribution in [-0.4, -0.2) is 64.3 Å². The van der Waals surface area contributed by atoms with E-state index < -0.39 is 0 Å². The van der Waals surface area contributed by atoms with Gasteiger partial charge in [0.1, 0.15) is 10.8 Å². The lowest BCUT2D eigenvalue weighted by atomic mass is 9.68. The van der Waals surface area contributed by atoms with Crippen molar-refractivity contribution in [3.8, 4) is 0 Å². The van der Waals surface area contributed by atoms with Crippen LogP contribution in [0.1, 0.15) is 89.8 Å². The summed E-state index contributed by atoms with van der Waals surface area (Å²) in [5.41, 5.74) is 7.78. The highest BCUT2D eigenvalue weighted by molar-refractivity contribution is 7.99. The summed E-state index contributed by atoms with van der Waals surface area (Å²) in [5, 5.41) is 13.5. The molecule has 1 aliphatic carbocycles. The van der Waals surface area contributed by atoms with Gasteiger partial charge in [-0.15, -0.1) is 11.8 Å². The molecule has 0 radical (unpaired) electrons. The van der Waals surface area contributed by atoms with Crippen molar-refractivity contribution >= 4 is 35.4 Å². The molecule has 11 heteroatoms. The van der Waals surface area contributed by atoms with Gasteiger partial charge in [-0.3, -0.25) is 4.79 Å². The minimum Gasteiger partial charge on any atom is -0.370 e. The average molecular weight is 702 g/mol. The fourth-order valence-electron chi connectivity index (χ4n) is 4.82. The Bertz CT molecular complexity index is 1380. The van der Waals surface area contributed by atoms with E-state index in [0.717, 1.165) is 61.4 Å². The first kappa shape index (κ1) is 41.9. The molecule has 2 aromatic heterocycles. The molecule has 0 aliphatic heterocycles. The van der Waals surface area contributed by atoms with Crippen LogP contribution in [0, 0.1) is 0 Å². The zero-order chi connectivity index (χ0) is 36.2. The largest absolute Gasteiger partial charge is 0.370 e. The number of rotatable bonds is 16. The molecule has 5 rings (SSSR count). The first-order valence-corrected chi connectivity index (χ1v) is 19.1. The van der Waals surface area contributed by atoms with Crippen molar-refractivity contribution in [2.24, 2.45) is 5.73 Å². The summed E-state index contributed by atoms with van der Waals surface area (Å²) in [6.45, 7) is 13.7. The van der Waals surface area contributed by atoms with Gasteiger partial charge >= 0.3 is 0 Å². The van der Waals surface area contributed by atoms with Crippen molar-refractivity contribution < 1.29 is 4.79 Å². The smallest absolute Gasteiger partial charge is 0.233 e. The molecule has 2 aromatic carbocycles. The van der Waals surface area contributed by atoms with Gasteiger partial charge in [0.2, 0.25) is 17.8 Å². The lowest BCUT2D eigenvalue weighted by Crippen LogP contribution is -2.31. The van der Waals surface area contributed by atoms with Gasteiger partial charge in [0.25, 0.3) is 0 Å². The second kappa shape index (κ2) is 26.6. The number of hydrogen-bond donors (Lipinski definition) is 5. The number of aromatic nitrogens is 4. The number of benzene rings is 2. The maximum atomic E-state index is 10.9. The summed E-state index contributed by atoms with van der Waals surface area (Å²) in [6, 6.07) is 26.8. The van der Waals surface area contributed by atoms with Crippen LogP contribution in [0.4, 0.5) is 17.7 Å². The van der Waals surface area contributed by atoms with Crippen LogP contribution in [0.15, 0.2) is 90.1 Å². The van der Waals surface area contributed by atoms with Crippen LogP contribution in [0.25, 0.3) is 0 Å². The Morgan fingerprint density at radius 2 is 1.32 bits per heavy atom. The first-order valence-electron chi connectivity index (χ1n) is 18.2. The van der Waals surface area contributed by atoms with Crippen molar-refractivity contribution in [3.05, 3.63) is 96.3 Å². The second-order valence-corrected chi connectivity index (χ2v) is 12.4. The highest BCUT2D eigenvalue weighted by atomic mass is 32.2. The highest BCUT2D eigenvalue weighted by Gasteiger charge is 2.34. The lowest BCUT2D eigenvalue weighted by Gasteiger charge is -2.37. The van der Waals surface area contributed by atoms with Gasteiger partial charge in [-0.2, -0.15) is 4.98 Å². The summed E-state index contributed by atoms with van der Waals surface area (Å²) in [4.78, 5) is 28.8. The first-order chi connectivity index (χ1) is 24.6. The van der Waals surface area contributed by atoms with Crippen LogP contribution in [0.3, 0.4) is 0 Å². The number of carbonyl (C=O) groups is 1. The van der Waals surface area contributed by atoms with Gasteiger partial charge in [0, 0.05) is 50.1 Å². The molecule has 1 aliphatic rings. The van der Waals surface area contributed by atoms with Crippen LogP contribution >= 0.6 is 11.8 Å². The van der Waals surface area contributed by atoms with Gasteiger partial charge in [0.15, 0.2) is 0 Å². The molecule has 50 heavy (non-hydrogen) atoms. The lowest BCUT2D eigenvalue weighted by molar-refractivity contribution is -0.119. The van der Waals surface area contributed by atoms with Crippen LogP contribution in [0.2, 0.25) is 0 Å². The summed E-state index contributed by atoms with van der Waals surface area (Å²) >= 11 is 1.57. The number of amides is 1. The van der Waals surface area contributed by atoms with Gasteiger partial charge in [-0.05, 0) is 49.7 Å². The molecule has 4 aromatic rings.